The molecule has 2 aliphatic heterocycles. The van der Waals surface area contributed by atoms with Gasteiger partial charge in [0, 0.05) is 60.4 Å². The molecule has 3 aromatic rings. The highest BCUT2D eigenvalue weighted by Gasteiger charge is 2.64. The summed E-state index contributed by atoms with van der Waals surface area (Å²) < 4.78 is 18.0. The minimum atomic E-state index is -1.00. The van der Waals surface area contributed by atoms with E-state index in [0.717, 1.165) is 24.2 Å². The first-order valence-electron chi connectivity index (χ1n) is 19.3. The molecule has 3 aliphatic rings. The second-order valence-corrected chi connectivity index (χ2v) is 16.2. The van der Waals surface area contributed by atoms with Crippen molar-refractivity contribution in [1.82, 2.24) is 15.5 Å². The van der Waals surface area contributed by atoms with Gasteiger partial charge in [0.15, 0.2) is 0 Å². The number of hydrogen-bond donors (Lipinski definition) is 3. The van der Waals surface area contributed by atoms with E-state index in [0.29, 0.717) is 66.1 Å². The maximum atomic E-state index is 13.3. The number of amides is 5. The number of imide groups is 2. The van der Waals surface area contributed by atoms with Crippen LogP contribution in [0.25, 0.3) is 0 Å². The molecule has 1 saturated carbocycles. The van der Waals surface area contributed by atoms with Gasteiger partial charge in [0.1, 0.15) is 29.7 Å². The zero-order valence-electron chi connectivity index (χ0n) is 32.6. The van der Waals surface area contributed by atoms with Gasteiger partial charge in [0.05, 0.1) is 28.3 Å². The van der Waals surface area contributed by atoms with Gasteiger partial charge in [-0.3, -0.25) is 34.2 Å². The Balaban J connectivity index is 0.845. The van der Waals surface area contributed by atoms with E-state index < -0.39 is 29.7 Å². The summed E-state index contributed by atoms with van der Waals surface area (Å²) in [6.07, 6.45) is 3.30. The fourth-order valence-corrected chi connectivity index (χ4v) is 8.56. The van der Waals surface area contributed by atoms with Crippen LogP contribution in [0.1, 0.15) is 103 Å². The largest absolute Gasteiger partial charge is 0.494 e. The number of anilines is 1. The van der Waals surface area contributed by atoms with E-state index in [1.165, 1.54) is 0 Å². The predicted molar refractivity (Wildman–Crippen MR) is 212 cm³/mol. The van der Waals surface area contributed by atoms with Crippen LogP contribution >= 0.6 is 11.6 Å². The van der Waals surface area contributed by atoms with Crippen LogP contribution in [0.5, 0.6) is 11.5 Å². The first kappa shape index (κ1) is 41.2. The van der Waals surface area contributed by atoms with Gasteiger partial charge in [-0.15, -0.1) is 0 Å². The summed E-state index contributed by atoms with van der Waals surface area (Å²) in [7, 11) is 0. The number of unbranched alkanes of at least 4 members (excludes halogenated alkanes) is 2. The number of rotatable bonds is 17. The number of benzene rings is 3. The first-order valence-corrected chi connectivity index (χ1v) is 19.7. The molecular weight excluding hydrogens is 750 g/mol. The molecule has 3 N–H and O–H groups in total. The summed E-state index contributed by atoms with van der Waals surface area (Å²) >= 11 is 6.22. The third-order valence-electron chi connectivity index (χ3n) is 11.0. The van der Waals surface area contributed by atoms with Gasteiger partial charge in [0.2, 0.25) is 11.8 Å². The lowest BCUT2D eigenvalue weighted by molar-refractivity contribution is -0.164. The number of ether oxygens (including phenoxy) is 3. The fourth-order valence-electron chi connectivity index (χ4n) is 8.35. The van der Waals surface area contributed by atoms with Gasteiger partial charge < -0.3 is 24.8 Å². The molecule has 5 amide bonds. The molecule has 57 heavy (non-hydrogen) atoms. The number of nitrogens with zero attached hydrogens (tertiary/aromatic N) is 2. The normalized spacial score (nSPS) is 20.6. The average molecular weight is 798 g/mol. The molecule has 14 heteroatoms. The van der Waals surface area contributed by atoms with Crippen molar-refractivity contribution < 1.29 is 38.2 Å². The van der Waals surface area contributed by atoms with Crippen molar-refractivity contribution in [3.05, 3.63) is 87.9 Å². The second kappa shape index (κ2) is 17.4. The number of piperidine rings is 1. The Morgan fingerprint density at radius 3 is 2.32 bits per heavy atom. The summed E-state index contributed by atoms with van der Waals surface area (Å²) in [5.41, 5.74) is 1.19. The number of hydrogen-bond acceptors (Lipinski definition) is 10. The molecule has 300 valence electrons. The number of carbonyl (C=O) groups excluding carboxylic acids is 5. The highest BCUT2D eigenvalue weighted by molar-refractivity contribution is 6.31. The summed E-state index contributed by atoms with van der Waals surface area (Å²) in [6, 6.07) is 18.1. The third kappa shape index (κ3) is 8.77. The lowest BCUT2D eigenvalue weighted by Gasteiger charge is -2.63. The number of fused-ring (bicyclic) bond motifs is 1. The molecule has 0 aromatic heterocycles. The van der Waals surface area contributed by atoms with Crippen molar-refractivity contribution >= 4 is 46.8 Å². The molecule has 1 atom stereocenters. The predicted octanol–water partition coefficient (Wildman–Crippen LogP) is 6.29. The Hall–Kier alpha value is -5.45. The topological polar surface area (TPSA) is 176 Å². The lowest BCUT2D eigenvalue weighted by Crippen LogP contribution is -2.74. The Morgan fingerprint density at radius 1 is 0.912 bits per heavy atom. The zero-order valence-corrected chi connectivity index (χ0v) is 33.4. The molecule has 0 spiro atoms. The number of carbonyl (C=O) groups is 5. The van der Waals surface area contributed by atoms with Crippen molar-refractivity contribution in [3.63, 3.8) is 0 Å². The summed E-state index contributed by atoms with van der Waals surface area (Å²) in [4.78, 5) is 64.4. The first-order chi connectivity index (χ1) is 27.2. The van der Waals surface area contributed by atoms with Gasteiger partial charge in [-0.1, -0.05) is 45.4 Å². The number of nitriles is 1. The molecule has 1 unspecified atom stereocenters. The molecule has 2 fully saturated rings. The van der Waals surface area contributed by atoms with Crippen LogP contribution in [0.15, 0.2) is 60.7 Å². The van der Waals surface area contributed by atoms with E-state index in [9.17, 15) is 29.2 Å². The van der Waals surface area contributed by atoms with E-state index >= 15 is 0 Å². The highest BCUT2D eigenvalue weighted by atomic mass is 35.5. The molecular formula is C43H48ClN5O8. The van der Waals surface area contributed by atoms with Crippen LogP contribution in [0.2, 0.25) is 5.02 Å². The molecule has 0 radical (unpaired) electrons. The monoisotopic (exact) mass is 797 g/mol. The quantitative estimate of drug-likeness (QED) is 0.104. The fraction of sp³-hybridized carbons (Fsp3) is 0.442. The van der Waals surface area contributed by atoms with E-state index in [1.807, 2.05) is 0 Å². The van der Waals surface area contributed by atoms with Gasteiger partial charge in [-0.25, -0.2) is 0 Å². The van der Waals surface area contributed by atoms with Crippen molar-refractivity contribution in [2.45, 2.75) is 84.4 Å². The Bertz CT molecular complexity index is 2060. The van der Waals surface area contributed by atoms with Gasteiger partial charge in [-0.2, -0.15) is 5.26 Å². The van der Waals surface area contributed by atoms with Crippen LogP contribution < -0.4 is 25.4 Å². The Kier molecular flexibility index (Phi) is 12.5. The maximum absolute atomic E-state index is 13.3. The van der Waals surface area contributed by atoms with Crippen LogP contribution in [0, 0.1) is 22.2 Å². The van der Waals surface area contributed by atoms with E-state index in [1.54, 1.807) is 60.7 Å². The number of halogens is 1. The van der Waals surface area contributed by atoms with Gasteiger partial charge in [-0.05, 0) is 80.6 Å². The van der Waals surface area contributed by atoms with E-state index in [4.69, 9.17) is 25.8 Å². The maximum Gasteiger partial charge on any atom is 0.264 e. The van der Waals surface area contributed by atoms with Gasteiger partial charge >= 0.3 is 0 Å². The zero-order chi connectivity index (χ0) is 40.9. The SMILES string of the molecule is CC1(C)C(NC(=O)c2ccc(OCCCCCOCCCNc3cccc4c3C(=O)N(C3CCC(=O)NC3=O)C4=O)cc2)C(C)(C)C1Oc1ccc(C#N)c(Cl)c1. The number of nitrogens with one attached hydrogen (secondary N) is 3. The Morgan fingerprint density at radius 2 is 1.61 bits per heavy atom. The van der Waals surface area contributed by atoms with Crippen LogP contribution in [0.4, 0.5) is 5.69 Å². The van der Waals surface area contributed by atoms with Crippen molar-refractivity contribution in [1.29, 1.82) is 5.26 Å². The van der Waals surface area contributed by atoms with Crippen molar-refractivity contribution in [2.75, 3.05) is 31.7 Å². The third-order valence-corrected chi connectivity index (χ3v) is 11.3. The summed E-state index contributed by atoms with van der Waals surface area (Å²) in [6.45, 7) is 10.4. The molecule has 0 bridgehead atoms. The smallest absolute Gasteiger partial charge is 0.264 e. The second-order valence-electron chi connectivity index (χ2n) is 15.8. The molecule has 13 nitrogen and oxygen atoms in total. The van der Waals surface area contributed by atoms with Crippen LogP contribution in [0.3, 0.4) is 0 Å². The lowest BCUT2D eigenvalue weighted by atomic mass is 9.49. The molecule has 1 saturated heterocycles. The minimum Gasteiger partial charge on any atom is -0.494 e. The Labute approximate surface area is 337 Å². The van der Waals surface area contributed by atoms with Crippen LogP contribution in [-0.2, 0) is 14.3 Å². The van der Waals surface area contributed by atoms with Gasteiger partial charge in [0.25, 0.3) is 17.7 Å². The molecule has 2 heterocycles. The van der Waals surface area contributed by atoms with Crippen LogP contribution in [-0.4, -0.2) is 79.0 Å². The summed E-state index contributed by atoms with van der Waals surface area (Å²) in [5.74, 6) is -1.02. The summed E-state index contributed by atoms with van der Waals surface area (Å²) in [5, 5.41) is 18.2. The van der Waals surface area contributed by atoms with Crippen molar-refractivity contribution in [2.24, 2.45) is 10.8 Å². The minimum absolute atomic E-state index is 0.0691. The molecule has 3 aromatic carbocycles. The van der Waals surface area contributed by atoms with E-state index in [2.05, 4.69) is 49.7 Å². The molecule has 1 aliphatic carbocycles. The average Bonchev–Trinajstić information content (AvgIpc) is 3.44. The van der Waals surface area contributed by atoms with Crippen molar-refractivity contribution in [3.8, 4) is 17.6 Å². The molecule has 6 rings (SSSR count). The standard InChI is InChI=1S/C43H48ClN5O8/c1-42(2)40(43(3,4)41(42)57-29-17-14-27(25-45)31(44)24-29)48-36(51)26-12-15-28(16-13-26)56-23-7-5-6-21-55-22-9-20-46-32-11-8-10-30-35(32)39(54)49(38(30)53)33-18-19-34(50)47-37(33)52/h8,10-17,24,33,40-41,46H,5-7,9,18-23H2,1-4H3,(H,48,51)(H,47,50,52). The van der Waals surface area contributed by atoms with E-state index in [-0.39, 0.29) is 52.9 Å². The highest BCUT2D eigenvalue weighted by Crippen LogP contribution is 2.55.